The maximum absolute atomic E-state index is 12.8. The van der Waals surface area contributed by atoms with Crippen molar-refractivity contribution in [2.45, 2.75) is 26.8 Å². The maximum Gasteiger partial charge on any atom is 0.338 e. The predicted molar refractivity (Wildman–Crippen MR) is 128 cm³/mol. The first-order valence-corrected chi connectivity index (χ1v) is 10.8. The molecule has 7 nitrogen and oxygen atoms in total. The van der Waals surface area contributed by atoms with Crippen LogP contribution < -0.4 is 10.6 Å². The summed E-state index contributed by atoms with van der Waals surface area (Å²) in [5, 5.41) is 5.67. The van der Waals surface area contributed by atoms with Gasteiger partial charge < -0.3 is 20.3 Å². The van der Waals surface area contributed by atoms with Crippen molar-refractivity contribution in [2.24, 2.45) is 5.92 Å². The third kappa shape index (κ3) is 6.10. The van der Waals surface area contributed by atoms with Crippen LogP contribution in [-0.4, -0.2) is 36.5 Å². The molecule has 2 N–H and O–H groups in total. The molecule has 0 aliphatic carbocycles. The highest BCUT2D eigenvalue weighted by molar-refractivity contribution is 6.02. The van der Waals surface area contributed by atoms with E-state index in [0.717, 1.165) is 5.56 Å². The molecule has 0 fully saturated rings. The summed E-state index contributed by atoms with van der Waals surface area (Å²) in [4.78, 5) is 38.8. The zero-order valence-electron chi connectivity index (χ0n) is 19.3. The van der Waals surface area contributed by atoms with Gasteiger partial charge in [-0.1, -0.05) is 56.3 Å². The number of carbonyl (C=O) groups excluding carboxylic acids is 3. The zero-order chi connectivity index (χ0) is 24.0. The molecular weight excluding hydrogens is 418 g/mol. The van der Waals surface area contributed by atoms with Gasteiger partial charge in [0.15, 0.2) is 0 Å². The molecule has 2 aromatic rings. The van der Waals surface area contributed by atoms with Crippen LogP contribution in [0.5, 0.6) is 0 Å². The number of amides is 3. The standard InChI is InChI=1S/C26H29N3O4/c1-17(2)16-33-25(31)23-18(3)29(4)26(32)28-24(23)20-11-13-21(14-12-20)27-22(30)15-10-19-8-6-5-7-9-19/h5-15,17,24H,16H2,1-4H3,(H,27,30)(H,28,32)/b15-10+. The fourth-order valence-corrected chi connectivity index (χ4v) is 3.35. The van der Waals surface area contributed by atoms with Crippen molar-refractivity contribution in [3.8, 4) is 0 Å². The number of carbonyl (C=O) groups is 3. The summed E-state index contributed by atoms with van der Waals surface area (Å²) < 4.78 is 5.45. The molecule has 2 aromatic carbocycles. The van der Waals surface area contributed by atoms with Gasteiger partial charge in [-0.25, -0.2) is 9.59 Å². The van der Waals surface area contributed by atoms with Crippen LogP contribution in [0, 0.1) is 5.92 Å². The Morgan fingerprint density at radius 2 is 1.79 bits per heavy atom. The van der Waals surface area contributed by atoms with Gasteiger partial charge in [0.25, 0.3) is 0 Å². The summed E-state index contributed by atoms with van der Waals surface area (Å²) in [5.74, 6) is -0.516. The van der Waals surface area contributed by atoms with E-state index in [9.17, 15) is 14.4 Å². The lowest BCUT2D eigenvalue weighted by atomic mass is 9.95. The average Bonchev–Trinajstić information content (AvgIpc) is 2.80. The van der Waals surface area contributed by atoms with E-state index in [0.29, 0.717) is 29.1 Å². The van der Waals surface area contributed by atoms with Crippen molar-refractivity contribution in [3.05, 3.63) is 83.1 Å². The third-order valence-corrected chi connectivity index (χ3v) is 5.26. The van der Waals surface area contributed by atoms with Gasteiger partial charge in [-0.2, -0.15) is 0 Å². The van der Waals surface area contributed by atoms with Crippen LogP contribution in [0.25, 0.3) is 6.08 Å². The van der Waals surface area contributed by atoms with E-state index < -0.39 is 12.0 Å². The number of hydrogen-bond donors (Lipinski definition) is 2. The Balaban J connectivity index is 1.76. The number of hydrogen-bond acceptors (Lipinski definition) is 4. The lowest BCUT2D eigenvalue weighted by Crippen LogP contribution is -2.46. The summed E-state index contributed by atoms with van der Waals surface area (Å²) in [7, 11) is 1.61. The topological polar surface area (TPSA) is 87.7 Å². The molecule has 0 saturated heterocycles. The molecular formula is C26H29N3O4. The molecule has 1 heterocycles. The minimum atomic E-state index is -0.643. The molecule has 33 heavy (non-hydrogen) atoms. The number of esters is 1. The highest BCUT2D eigenvalue weighted by atomic mass is 16.5. The average molecular weight is 448 g/mol. The molecule has 1 atom stereocenters. The Hall–Kier alpha value is -3.87. The van der Waals surface area contributed by atoms with Crippen LogP contribution in [0.2, 0.25) is 0 Å². The van der Waals surface area contributed by atoms with Gasteiger partial charge in [-0.3, -0.25) is 4.79 Å². The number of nitrogens with zero attached hydrogens (tertiary/aromatic N) is 1. The largest absolute Gasteiger partial charge is 0.462 e. The van der Waals surface area contributed by atoms with E-state index >= 15 is 0 Å². The minimum Gasteiger partial charge on any atom is -0.462 e. The van der Waals surface area contributed by atoms with Crippen LogP contribution in [-0.2, 0) is 14.3 Å². The lowest BCUT2D eigenvalue weighted by molar-refractivity contribution is -0.140. The molecule has 0 aromatic heterocycles. The Morgan fingerprint density at radius 1 is 1.12 bits per heavy atom. The molecule has 0 radical (unpaired) electrons. The van der Waals surface area contributed by atoms with Crippen LogP contribution in [0.3, 0.4) is 0 Å². The highest BCUT2D eigenvalue weighted by Crippen LogP contribution is 2.31. The quantitative estimate of drug-likeness (QED) is 0.483. The van der Waals surface area contributed by atoms with E-state index in [2.05, 4.69) is 10.6 Å². The summed E-state index contributed by atoms with van der Waals surface area (Å²) in [6, 6.07) is 15.6. The normalized spacial score (nSPS) is 16.2. The summed E-state index contributed by atoms with van der Waals surface area (Å²) >= 11 is 0. The molecule has 172 valence electrons. The molecule has 1 aliphatic rings. The fraction of sp³-hybridized carbons (Fsp3) is 0.269. The van der Waals surface area contributed by atoms with Gasteiger partial charge >= 0.3 is 12.0 Å². The van der Waals surface area contributed by atoms with Crippen molar-refractivity contribution in [1.29, 1.82) is 0 Å². The van der Waals surface area contributed by atoms with Gasteiger partial charge in [0.05, 0.1) is 18.2 Å². The first-order valence-electron chi connectivity index (χ1n) is 10.8. The van der Waals surface area contributed by atoms with Crippen LogP contribution in [0.15, 0.2) is 71.9 Å². The molecule has 1 unspecified atom stereocenters. The number of ether oxygens (including phenoxy) is 1. The van der Waals surface area contributed by atoms with E-state index in [4.69, 9.17) is 4.74 Å². The number of nitrogens with one attached hydrogen (secondary N) is 2. The Kier molecular flexibility index (Phi) is 7.66. The second-order valence-electron chi connectivity index (χ2n) is 8.29. The van der Waals surface area contributed by atoms with Gasteiger partial charge in [0.2, 0.25) is 5.91 Å². The van der Waals surface area contributed by atoms with Crippen LogP contribution >= 0.6 is 0 Å². The van der Waals surface area contributed by atoms with Crippen molar-refractivity contribution in [1.82, 2.24) is 10.2 Å². The van der Waals surface area contributed by atoms with E-state index in [1.54, 1.807) is 44.3 Å². The Bertz CT molecular complexity index is 1070. The van der Waals surface area contributed by atoms with Gasteiger partial charge in [0.1, 0.15) is 0 Å². The molecule has 7 heteroatoms. The monoisotopic (exact) mass is 447 g/mol. The summed E-state index contributed by atoms with van der Waals surface area (Å²) in [6.45, 7) is 5.94. The van der Waals surface area contributed by atoms with E-state index in [1.807, 2.05) is 44.2 Å². The van der Waals surface area contributed by atoms with Gasteiger partial charge in [0, 0.05) is 24.5 Å². The van der Waals surface area contributed by atoms with E-state index in [1.165, 1.54) is 11.0 Å². The van der Waals surface area contributed by atoms with Crippen LogP contribution in [0.4, 0.5) is 10.5 Å². The molecule has 0 saturated carbocycles. The second kappa shape index (κ2) is 10.6. The minimum absolute atomic E-state index is 0.197. The lowest BCUT2D eigenvalue weighted by Gasteiger charge is -2.33. The first kappa shape index (κ1) is 23.8. The predicted octanol–water partition coefficient (Wildman–Crippen LogP) is 4.51. The second-order valence-corrected chi connectivity index (χ2v) is 8.29. The highest BCUT2D eigenvalue weighted by Gasteiger charge is 2.35. The summed E-state index contributed by atoms with van der Waals surface area (Å²) in [6.07, 6.45) is 3.20. The first-order chi connectivity index (χ1) is 15.8. The SMILES string of the molecule is CC1=C(C(=O)OCC(C)C)C(c2ccc(NC(=O)/C=C/c3ccccc3)cc2)NC(=O)N1C. The molecule has 3 amide bonds. The molecule has 1 aliphatic heterocycles. The number of anilines is 1. The number of urea groups is 1. The third-order valence-electron chi connectivity index (χ3n) is 5.26. The maximum atomic E-state index is 12.8. The molecule has 0 spiro atoms. The summed E-state index contributed by atoms with van der Waals surface area (Å²) in [5.41, 5.74) is 3.18. The number of allylic oxidation sites excluding steroid dienone is 1. The van der Waals surface area contributed by atoms with E-state index in [-0.39, 0.29) is 17.9 Å². The zero-order valence-corrected chi connectivity index (χ0v) is 19.3. The molecule has 0 bridgehead atoms. The fourth-order valence-electron chi connectivity index (χ4n) is 3.35. The van der Waals surface area contributed by atoms with Crippen molar-refractivity contribution in [3.63, 3.8) is 0 Å². The number of rotatable bonds is 7. The van der Waals surface area contributed by atoms with Crippen molar-refractivity contribution in [2.75, 3.05) is 19.0 Å². The number of benzene rings is 2. The van der Waals surface area contributed by atoms with Crippen molar-refractivity contribution < 1.29 is 19.1 Å². The van der Waals surface area contributed by atoms with Gasteiger partial charge in [-0.05, 0) is 42.2 Å². The smallest absolute Gasteiger partial charge is 0.338 e. The van der Waals surface area contributed by atoms with Crippen LogP contribution in [0.1, 0.15) is 37.9 Å². The Morgan fingerprint density at radius 3 is 2.42 bits per heavy atom. The molecule has 3 rings (SSSR count). The van der Waals surface area contributed by atoms with Crippen molar-refractivity contribution >= 4 is 29.7 Å². The Labute approximate surface area is 194 Å². The van der Waals surface area contributed by atoms with Gasteiger partial charge in [-0.15, -0.1) is 0 Å².